The van der Waals surface area contributed by atoms with Gasteiger partial charge in [-0.2, -0.15) is 0 Å². The van der Waals surface area contributed by atoms with Crippen LogP contribution in [0.15, 0.2) is 54.9 Å². The largest absolute Gasteiger partial charge is 0.336 e. The Morgan fingerprint density at radius 3 is 2.20 bits per heavy atom. The number of nitrogens with zero attached hydrogens (tertiary/aromatic N) is 5. The van der Waals surface area contributed by atoms with Crippen molar-refractivity contribution in [3.8, 4) is 5.69 Å². The molecule has 0 aliphatic carbocycles. The Kier molecular flexibility index (Phi) is 5.51. The van der Waals surface area contributed by atoms with E-state index in [-0.39, 0.29) is 5.91 Å². The number of imidazole rings is 1. The molecule has 1 aromatic heterocycles. The molecular formula is C24H29N5O. The van der Waals surface area contributed by atoms with E-state index in [2.05, 4.69) is 25.4 Å². The van der Waals surface area contributed by atoms with Crippen LogP contribution in [0.2, 0.25) is 0 Å². The SMILES string of the molecule is O=C(c1ccc(-n2cnc3ccccc32)cc1)N1CCN(CCN2CCCC2)CC1. The standard InChI is InChI=1S/C24H29N5O/c30-24(28-17-15-27(16-18-28)14-13-26-11-3-4-12-26)20-7-9-21(10-8-20)29-19-25-22-5-1-2-6-23(22)29/h1-2,5-10,19H,3-4,11-18H2. The second-order valence-electron chi connectivity index (χ2n) is 8.33. The minimum absolute atomic E-state index is 0.135. The van der Waals surface area contributed by atoms with Gasteiger partial charge >= 0.3 is 0 Å². The molecule has 5 rings (SSSR count). The number of aromatic nitrogens is 2. The van der Waals surface area contributed by atoms with Gasteiger partial charge in [0.2, 0.25) is 0 Å². The Bertz CT molecular complexity index is 998. The van der Waals surface area contributed by atoms with Crippen LogP contribution in [0.25, 0.3) is 16.7 Å². The number of para-hydroxylation sites is 2. The highest BCUT2D eigenvalue weighted by Crippen LogP contribution is 2.19. The first-order chi connectivity index (χ1) is 14.8. The maximum atomic E-state index is 13.0. The van der Waals surface area contributed by atoms with Crippen LogP contribution in [-0.2, 0) is 0 Å². The molecule has 3 aromatic rings. The highest BCUT2D eigenvalue weighted by molar-refractivity contribution is 5.94. The van der Waals surface area contributed by atoms with E-state index in [0.29, 0.717) is 0 Å². The minimum Gasteiger partial charge on any atom is -0.336 e. The first kappa shape index (κ1) is 19.3. The summed E-state index contributed by atoms with van der Waals surface area (Å²) in [5.41, 5.74) is 3.82. The van der Waals surface area contributed by atoms with Crippen LogP contribution in [0.3, 0.4) is 0 Å². The lowest BCUT2D eigenvalue weighted by atomic mass is 10.1. The molecule has 0 spiro atoms. The van der Waals surface area contributed by atoms with Crippen LogP contribution in [0.1, 0.15) is 23.2 Å². The van der Waals surface area contributed by atoms with Gasteiger partial charge in [0.05, 0.1) is 11.0 Å². The lowest BCUT2D eigenvalue weighted by Crippen LogP contribution is -2.50. The molecule has 1 amide bonds. The third kappa shape index (κ3) is 3.98. The van der Waals surface area contributed by atoms with E-state index < -0.39 is 0 Å². The van der Waals surface area contributed by atoms with Gasteiger partial charge in [-0.15, -0.1) is 0 Å². The zero-order valence-corrected chi connectivity index (χ0v) is 17.4. The second-order valence-corrected chi connectivity index (χ2v) is 8.33. The van der Waals surface area contributed by atoms with Crippen molar-refractivity contribution < 1.29 is 4.79 Å². The smallest absolute Gasteiger partial charge is 0.253 e. The highest BCUT2D eigenvalue weighted by Gasteiger charge is 2.23. The molecule has 0 bridgehead atoms. The van der Waals surface area contributed by atoms with Gasteiger partial charge in [-0.25, -0.2) is 4.98 Å². The number of likely N-dealkylation sites (tertiary alicyclic amines) is 1. The molecule has 6 nitrogen and oxygen atoms in total. The summed E-state index contributed by atoms with van der Waals surface area (Å²) in [6.07, 6.45) is 4.53. The Hall–Kier alpha value is -2.70. The van der Waals surface area contributed by atoms with Crippen LogP contribution in [0.5, 0.6) is 0 Å². The van der Waals surface area contributed by atoms with Crippen molar-refractivity contribution in [2.45, 2.75) is 12.8 Å². The number of piperazine rings is 1. The molecule has 3 heterocycles. The van der Waals surface area contributed by atoms with Gasteiger partial charge in [-0.3, -0.25) is 14.3 Å². The van der Waals surface area contributed by atoms with Crippen molar-refractivity contribution in [3.05, 3.63) is 60.4 Å². The van der Waals surface area contributed by atoms with Gasteiger partial charge < -0.3 is 9.80 Å². The van der Waals surface area contributed by atoms with Crippen molar-refractivity contribution in [1.29, 1.82) is 0 Å². The topological polar surface area (TPSA) is 44.6 Å². The first-order valence-electron chi connectivity index (χ1n) is 11.0. The first-order valence-corrected chi connectivity index (χ1v) is 11.0. The predicted octanol–water partition coefficient (Wildman–Crippen LogP) is 2.88. The summed E-state index contributed by atoms with van der Waals surface area (Å²) in [6, 6.07) is 16.0. The summed E-state index contributed by atoms with van der Waals surface area (Å²) < 4.78 is 2.06. The fourth-order valence-corrected chi connectivity index (χ4v) is 4.58. The number of hydrogen-bond acceptors (Lipinski definition) is 4. The molecule has 6 heteroatoms. The third-order valence-corrected chi connectivity index (χ3v) is 6.44. The molecule has 2 saturated heterocycles. The Labute approximate surface area is 177 Å². The van der Waals surface area contributed by atoms with Crippen molar-refractivity contribution in [3.63, 3.8) is 0 Å². The number of hydrogen-bond donors (Lipinski definition) is 0. The molecule has 2 aliphatic heterocycles. The van der Waals surface area contributed by atoms with E-state index >= 15 is 0 Å². The van der Waals surface area contributed by atoms with Crippen LogP contribution < -0.4 is 0 Å². The molecule has 2 aromatic carbocycles. The van der Waals surface area contributed by atoms with Crippen LogP contribution in [0, 0.1) is 0 Å². The minimum atomic E-state index is 0.135. The normalized spacial score (nSPS) is 18.3. The summed E-state index contributed by atoms with van der Waals surface area (Å²) in [5.74, 6) is 0.135. The van der Waals surface area contributed by atoms with Gasteiger partial charge in [0.15, 0.2) is 0 Å². The number of benzene rings is 2. The van der Waals surface area contributed by atoms with Gasteiger partial charge in [0, 0.05) is 50.5 Å². The van der Waals surface area contributed by atoms with Crippen molar-refractivity contribution in [2.75, 3.05) is 52.4 Å². The average Bonchev–Trinajstić information content (AvgIpc) is 3.48. The van der Waals surface area contributed by atoms with Crippen molar-refractivity contribution >= 4 is 16.9 Å². The monoisotopic (exact) mass is 403 g/mol. The van der Waals surface area contributed by atoms with E-state index in [9.17, 15) is 4.79 Å². The van der Waals surface area contributed by atoms with E-state index in [0.717, 1.165) is 55.0 Å². The lowest BCUT2D eigenvalue weighted by molar-refractivity contribution is 0.0626. The number of carbonyl (C=O) groups excluding carboxylic acids is 1. The van der Waals surface area contributed by atoms with E-state index in [4.69, 9.17) is 0 Å². The zero-order valence-electron chi connectivity index (χ0n) is 17.4. The highest BCUT2D eigenvalue weighted by atomic mass is 16.2. The maximum absolute atomic E-state index is 13.0. The summed E-state index contributed by atoms with van der Waals surface area (Å²) in [5, 5.41) is 0. The third-order valence-electron chi connectivity index (χ3n) is 6.44. The number of fused-ring (bicyclic) bond motifs is 1. The Balaban J connectivity index is 1.18. The summed E-state index contributed by atoms with van der Waals surface area (Å²) >= 11 is 0. The summed E-state index contributed by atoms with van der Waals surface area (Å²) in [7, 11) is 0. The maximum Gasteiger partial charge on any atom is 0.253 e. The number of carbonyl (C=O) groups is 1. The number of amides is 1. The Morgan fingerprint density at radius 2 is 1.47 bits per heavy atom. The molecule has 156 valence electrons. The molecule has 0 N–H and O–H groups in total. The van der Waals surface area contributed by atoms with E-state index in [1.54, 1.807) is 0 Å². The fraction of sp³-hybridized carbons (Fsp3) is 0.417. The van der Waals surface area contributed by atoms with Crippen molar-refractivity contribution in [2.24, 2.45) is 0 Å². The molecule has 0 atom stereocenters. The molecule has 30 heavy (non-hydrogen) atoms. The zero-order chi connectivity index (χ0) is 20.3. The number of rotatable bonds is 5. The van der Waals surface area contributed by atoms with Gasteiger partial charge in [0.1, 0.15) is 6.33 Å². The predicted molar refractivity (Wildman–Crippen MR) is 119 cm³/mol. The molecule has 0 saturated carbocycles. The molecule has 0 unspecified atom stereocenters. The molecule has 0 radical (unpaired) electrons. The molecule has 2 fully saturated rings. The quantitative estimate of drug-likeness (QED) is 0.657. The summed E-state index contributed by atoms with van der Waals surface area (Å²) in [4.78, 5) is 24.5. The van der Waals surface area contributed by atoms with Crippen LogP contribution in [-0.4, -0.2) is 82.5 Å². The van der Waals surface area contributed by atoms with Gasteiger partial charge in [-0.1, -0.05) is 12.1 Å². The van der Waals surface area contributed by atoms with Crippen molar-refractivity contribution in [1.82, 2.24) is 24.3 Å². The Morgan fingerprint density at radius 1 is 0.800 bits per heavy atom. The summed E-state index contributed by atoms with van der Waals surface area (Å²) in [6.45, 7) is 8.36. The van der Waals surface area contributed by atoms with Gasteiger partial charge in [0.25, 0.3) is 5.91 Å². The molecule has 2 aliphatic rings. The fourth-order valence-electron chi connectivity index (χ4n) is 4.58. The van der Waals surface area contributed by atoms with Crippen LogP contribution >= 0.6 is 0 Å². The average molecular weight is 404 g/mol. The van der Waals surface area contributed by atoms with E-state index in [1.165, 1.54) is 32.5 Å². The second kappa shape index (κ2) is 8.58. The van der Waals surface area contributed by atoms with Gasteiger partial charge in [-0.05, 0) is 62.3 Å². The van der Waals surface area contributed by atoms with E-state index in [1.807, 2.05) is 53.7 Å². The lowest BCUT2D eigenvalue weighted by Gasteiger charge is -2.35. The molecular weight excluding hydrogens is 374 g/mol. The van der Waals surface area contributed by atoms with Crippen LogP contribution in [0.4, 0.5) is 0 Å².